The molecule has 2 aliphatic rings. The van der Waals surface area contributed by atoms with E-state index in [1.54, 1.807) is 24.3 Å². The first kappa shape index (κ1) is 23.8. The van der Waals surface area contributed by atoms with E-state index in [0.717, 1.165) is 30.6 Å². The van der Waals surface area contributed by atoms with Crippen LogP contribution in [0.5, 0.6) is 5.75 Å². The molecule has 0 unspecified atom stereocenters. The summed E-state index contributed by atoms with van der Waals surface area (Å²) in [5, 5.41) is 2.91. The third-order valence-corrected chi connectivity index (χ3v) is 6.62. The van der Waals surface area contributed by atoms with Gasteiger partial charge in [0.15, 0.2) is 6.61 Å². The number of nitrogens with zero attached hydrogens (tertiary/aromatic N) is 1. The molecule has 2 atom stereocenters. The summed E-state index contributed by atoms with van der Waals surface area (Å²) in [6.45, 7) is 1.65. The van der Waals surface area contributed by atoms with Gasteiger partial charge in [-0.15, -0.1) is 0 Å². The molecule has 0 saturated heterocycles. The normalized spacial score (nSPS) is 19.6. The van der Waals surface area contributed by atoms with E-state index in [4.69, 9.17) is 21.1 Å². The van der Waals surface area contributed by atoms with Crippen LogP contribution in [0.2, 0.25) is 5.02 Å². The molecule has 3 amide bonds. The number of esters is 1. The molecule has 34 heavy (non-hydrogen) atoms. The maximum Gasteiger partial charge on any atom is 0.342 e. The lowest BCUT2D eigenvalue weighted by Gasteiger charge is -2.29. The van der Waals surface area contributed by atoms with Gasteiger partial charge in [0.05, 0.1) is 28.9 Å². The Labute approximate surface area is 202 Å². The molecule has 1 aliphatic carbocycles. The first-order valence-electron chi connectivity index (χ1n) is 11.1. The van der Waals surface area contributed by atoms with Gasteiger partial charge in [-0.1, -0.05) is 43.5 Å². The fraction of sp³-hybridized carbons (Fsp3) is 0.360. The minimum atomic E-state index is -0.806. The maximum absolute atomic E-state index is 12.8. The largest absolute Gasteiger partial charge is 0.496 e. The standard InChI is InChI=1S/C25H25ClN2O6/c1-14-7-3-6-10-19(14)27-22(29)13-34-25(32)17-11-18(26)20(12-21(17)33-2)28-23(30)15-8-4-5-9-16(15)24(28)31/h4-5,8-9,11-12,14,19H,3,6-7,10,13H2,1-2H3,(H,27,29)/t14-,19+/m0/s1. The Morgan fingerprint density at radius 3 is 2.35 bits per heavy atom. The SMILES string of the molecule is COc1cc(N2C(=O)c3ccccc3C2=O)c(Cl)cc1C(=O)OCC(=O)N[C@@H]1CCCC[C@@H]1C. The third-order valence-electron chi connectivity index (χ3n) is 6.32. The van der Waals surface area contributed by atoms with Crippen molar-refractivity contribution >= 4 is 41.0 Å². The summed E-state index contributed by atoms with van der Waals surface area (Å²) in [5.41, 5.74) is 0.602. The first-order valence-corrected chi connectivity index (χ1v) is 11.5. The van der Waals surface area contributed by atoms with Crippen LogP contribution in [0.25, 0.3) is 0 Å². The number of hydrogen-bond donors (Lipinski definition) is 1. The highest BCUT2D eigenvalue weighted by Gasteiger charge is 2.38. The van der Waals surface area contributed by atoms with E-state index >= 15 is 0 Å². The Morgan fingerprint density at radius 1 is 1.09 bits per heavy atom. The number of fused-ring (bicyclic) bond motifs is 1. The molecule has 0 radical (unpaired) electrons. The highest BCUT2D eigenvalue weighted by Crippen LogP contribution is 2.38. The minimum absolute atomic E-state index is 0.0114. The van der Waals surface area contributed by atoms with Crippen LogP contribution in [-0.4, -0.2) is 43.4 Å². The molecular weight excluding hydrogens is 460 g/mol. The molecule has 1 heterocycles. The zero-order valence-electron chi connectivity index (χ0n) is 18.9. The number of hydrogen-bond acceptors (Lipinski definition) is 6. The number of halogens is 1. The van der Waals surface area contributed by atoms with Crippen LogP contribution < -0.4 is 15.0 Å². The summed E-state index contributed by atoms with van der Waals surface area (Å²) in [6.07, 6.45) is 4.17. The van der Waals surface area contributed by atoms with Crippen LogP contribution in [-0.2, 0) is 9.53 Å². The summed E-state index contributed by atoms with van der Waals surface area (Å²) in [7, 11) is 1.34. The monoisotopic (exact) mass is 484 g/mol. The summed E-state index contributed by atoms with van der Waals surface area (Å²) in [5.74, 6) is -1.79. The number of ether oxygens (including phenoxy) is 2. The molecule has 9 heteroatoms. The van der Waals surface area contributed by atoms with E-state index < -0.39 is 24.4 Å². The average molecular weight is 485 g/mol. The lowest BCUT2D eigenvalue weighted by atomic mass is 9.86. The Balaban J connectivity index is 1.49. The van der Waals surface area contributed by atoms with E-state index in [2.05, 4.69) is 12.2 Å². The van der Waals surface area contributed by atoms with Gasteiger partial charge in [0, 0.05) is 12.1 Å². The molecule has 1 fully saturated rings. The van der Waals surface area contributed by atoms with Crippen LogP contribution in [0.15, 0.2) is 36.4 Å². The van der Waals surface area contributed by atoms with E-state index in [0.29, 0.717) is 5.92 Å². The second kappa shape index (κ2) is 9.85. The molecule has 2 aromatic carbocycles. The molecule has 8 nitrogen and oxygen atoms in total. The van der Waals surface area contributed by atoms with Crippen molar-refractivity contribution in [1.29, 1.82) is 0 Å². The number of carbonyl (C=O) groups is 4. The number of nitrogens with one attached hydrogen (secondary N) is 1. The Bertz CT molecular complexity index is 1130. The fourth-order valence-electron chi connectivity index (χ4n) is 4.44. The third kappa shape index (κ3) is 4.50. The molecule has 1 N–H and O–H groups in total. The number of anilines is 1. The van der Waals surface area contributed by atoms with Crippen molar-refractivity contribution in [3.63, 3.8) is 0 Å². The van der Waals surface area contributed by atoms with Gasteiger partial charge in [-0.3, -0.25) is 14.4 Å². The molecular formula is C25H25ClN2O6. The topological polar surface area (TPSA) is 102 Å². The van der Waals surface area contributed by atoms with Crippen LogP contribution in [0.4, 0.5) is 5.69 Å². The van der Waals surface area contributed by atoms with Crippen molar-refractivity contribution in [1.82, 2.24) is 5.32 Å². The molecule has 0 spiro atoms. The van der Waals surface area contributed by atoms with E-state index in [1.165, 1.54) is 19.2 Å². The van der Waals surface area contributed by atoms with Crippen LogP contribution in [0.3, 0.4) is 0 Å². The maximum atomic E-state index is 12.8. The van der Waals surface area contributed by atoms with Crippen molar-refractivity contribution in [2.45, 2.75) is 38.6 Å². The predicted octanol–water partition coefficient (Wildman–Crippen LogP) is 4.00. The van der Waals surface area contributed by atoms with Crippen molar-refractivity contribution in [2.24, 2.45) is 5.92 Å². The van der Waals surface area contributed by atoms with Gasteiger partial charge in [-0.2, -0.15) is 0 Å². The number of methoxy groups -OCH3 is 1. The molecule has 4 rings (SSSR count). The van der Waals surface area contributed by atoms with E-state index in [1.807, 2.05) is 0 Å². The molecule has 2 aromatic rings. The Hall–Kier alpha value is -3.39. The second-order valence-electron chi connectivity index (χ2n) is 8.51. The molecule has 0 aromatic heterocycles. The van der Waals surface area contributed by atoms with E-state index in [-0.39, 0.29) is 45.1 Å². The van der Waals surface area contributed by atoms with Crippen LogP contribution >= 0.6 is 11.6 Å². The van der Waals surface area contributed by atoms with Crippen molar-refractivity contribution < 1.29 is 28.7 Å². The summed E-state index contributed by atoms with van der Waals surface area (Å²) in [6, 6.07) is 9.13. The Kier molecular flexibility index (Phi) is 6.88. The van der Waals surface area contributed by atoms with Gasteiger partial charge in [0.2, 0.25) is 0 Å². The van der Waals surface area contributed by atoms with Gasteiger partial charge in [-0.25, -0.2) is 9.69 Å². The number of benzene rings is 2. The summed E-state index contributed by atoms with van der Waals surface area (Å²) >= 11 is 6.37. The lowest BCUT2D eigenvalue weighted by molar-refractivity contribution is -0.125. The van der Waals surface area contributed by atoms with Gasteiger partial charge >= 0.3 is 5.97 Å². The number of amides is 3. The predicted molar refractivity (Wildman–Crippen MR) is 125 cm³/mol. The smallest absolute Gasteiger partial charge is 0.342 e. The number of rotatable bonds is 6. The summed E-state index contributed by atoms with van der Waals surface area (Å²) in [4.78, 5) is 51.6. The Morgan fingerprint density at radius 2 is 1.74 bits per heavy atom. The van der Waals surface area contributed by atoms with Gasteiger partial charge in [-0.05, 0) is 37.0 Å². The first-order chi connectivity index (χ1) is 16.3. The van der Waals surface area contributed by atoms with Crippen LogP contribution in [0.1, 0.15) is 63.7 Å². The molecule has 178 valence electrons. The van der Waals surface area contributed by atoms with E-state index in [9.17, 15) is 19.2 Å². The number of imide groups is 1. The zero-order chi connectivity index (χ0) is 24.4. The van der Waals surface area contributed by atoms with Crippen LogP contribution in [0, 0.1) is 5.92 Å². The highest BCUT2D eigenvalue weighted by molar-refractivity contribution is 6.40. The fourth-order valence-corrected chi connectivity index (χ4v) is 4.69. The quantitative estimate of drug-likeness (QED) is 0.491. The van der Waals surface area contributed by atoms with Crippen molar-refractivity contribution in [2.75, 3.05) is 18.6 Å². The van der Waals surface area contributed by atoms with Crippen molar-refractivity contribution in [3.05, 3.63) is 58.1 Å². The van der Waals surface area contributed by atoms with Crippen molar-refractivity contribution in [3.8, 4) is 5.75 Å². The zero-order valence-corrected chi connectivity index (χ0v) is 19.7. The number of carbonyl (C=O) groups excluding carboxylic acids is 4. The second-order valence-corrected chi connectivity index (χ2v) is 8.91. The minimum Gasteiger partial charge on any atom is -0.496 e. The molecule has 0 bridgehead atoms. The van der Waals surface area contributed by atoms with Gasteiger partial charge in [0.25, 0.3) is 17.7 Å². The van der Waals surface area contributed by atoms with Gasteiger partial charge in [0.1, 0.15) is 11.3 Å². The average Bonchev–Trinajstić information content (AvgIpc) is 3.09. The highest BCUT2D eigenvalue weighted by atomic mass is 35.5. The molecule has 1 aliphatic heterocycles. The van der Waals surface area contributed by atoms with Gasteiger partial charge < -0.3 is 14.8 Å². The molecule has 1 saturated carbocycles. The summed E-state index contributed by atoms with van der Waals surface area (Å²) < 4.78 is 10.5. The lowest BCUT2D eigenvalue weighted by Crippen LogP contribution is -2.42.